The van der Waals surface area contributed by atoms with E-state index in [9.17, 15) is 0 Å². The van der Waals surface area contributed by atoms with E-state index in [4.69, 9.17) is 11.6 Å². The fourth-order valence-corrected chi connectivity index (χ4v) is 1.21. The van der Waals surface area contributed by atoms with Gasteiger partial charge in [0.15, 0.2) is 0 Å². The summed E-state index contributed by atoms with van der Waals surface area (Å²) in [6.45, 7) is 25.3. The molecule has 0 aromatic heterocycles. The molecule has 0 rings (SSSR count). The minimum Gasteiger partial charge on any atom is -0.0987 e. The molecule has 0 aromatic carbocycles. The van der Waals surface area contributed by atoms with E-state index in [1.54, 1.807) is 6.08 Å². The van der Waals surface area contributed by atoms with E-state index in [-0.39, 0.29) is 0 Å². The summed E-state index contributed by atoms with van der Waals surface area (Å²) in [6.07, 6.45) is 3.70. The van der Waals surface area contributed by atoms with Gasteiger partial charge in [0, 0.05) is 0 Å². The van der Waals surface area contributed by atoms with Crippen LogP contribution >= 0.6 is 11.6 Å². The summed E-state index contributed by atoms with van der Waals surface area (Å²) in [5.74, 6) is 0. The minimum absolute atomic E-state index is 0.736. The van der Waals surface area contributed by atoms with Crippen molar-refractivity contribution in [1.29, 1.82) is 0 Å². The second-order valence-electron chi connectivity index (χ2n) is 2.68. The number of allylic oxidation sites excluding steroid dienone is 6. The standard InChI is InChI=1S/C11H15Cl.3C2H6/c1-6-9(5)11(12)10(7-2)8(3)4;3*1-2/h6-7H,1,3H2,2,4-5H3;3*1-2H3/b10-7+,11-9-;;;. The van der Waals surface area contributed by atoms with Crippen LogP contribution in [-0.4, -0.2) is 0 Å². The summed E-state index contributed by atoms with van der Waals surface area (Å²) in [7, 11) is 0. The van der Waals surface area contributed by atoms with Crippen LogP contribution < -0.4 is 0 Å². The lowest BCUT2D eigenvalue weighted by Crippen LogP contribution is -1.86. The fraction of sp³-hybridized carbons (Fsp3) is 0.529. The monoisotopic (exact) mass is 272 g/mol. The quantitative estimate of drug-likeness (QED) is 0.473. The molecule has 0 fully saturated rings. The van der Waals surface area contributed by atoms with Gasteiger partial charge in [-0.1, -0.05) is 78.5 Å². The molecule has 18 heavy (non-hydrogen) atoms. The molecule has 0 saturated heterocycles. The van der Waals surface area contributed by atoms with Crippen LogP contribution in [-0.2, 0) is 0 Å². The van der Waals surface area contributed by atoms with Crippen LogP contribution in [0, 0.1) is 0 Å². The molecule has 0 aliphatic rings. The van der Waals surface area contributed by atoms with E-state index < -0.39 is 0 Å². The molecule has 0 saturated carbocycles. The maximum atomic E-state index is 6.07. The molecule has 0 bridgehead atoms. The Morgan fingerprint density at radius 2 is 1.28 bits per heavy atom. The lowest BCUT2D eigenvalue weighted by Gasteiger charge is -2.06. The van der Waals surface area contributed by atoms with Crippen LogP contribution in [0.3, 0.4) is 0 Å². The SMILES string of the molecule is C=C/C(C)=C(Cl)/C(=C/C)C(=C)C.CC.CC.CC. The molecule has 0 unspecified atom stereocenters. The van der Waals surface area contributed by atoms with Crippen molar-refractivity contribution in [3.05, 3.63) is 47.1 Å². The Balaban J connectivity index is -0.000000141. The highest BCUT2D eigenvalue weighted by molar-refractivity contribution is 6.33. The highest BCUT2D eigenvalue weighted by atomic mass is 35.5. The van der Waals surface area contributed by atoms with Gasteiger partial charge in [-0.05, 0) is 37.5 Å². The molecule has 0 radical (unpaired) electrons. The Morgan fingerprint density at radius 1 is 0.944 bits per heavy atom. The zero-order chi connectivity index (χ0) is 15.7. The van der Waals surface area contributed by atoms with Gasteiger partial charge in [-0.25, -0.2) is 0 Å². The predicted molar refractivity (Wildman–Crippen MR) is 91.4 cm³/mol. The molecule has 0 amide bonds. The van der Waals surface area contributed by atoms with Crippen molar-refractivity contribution in [1.82, 2.24) is 0 Å². The zero-order valence-corrected chi connectivity index (χ0v) is 14.7. The van der Waals surface area contributed by atoms with E-state index >= 15 is 0 Å². The predicted octanol–water partition coefficient (Wildman–Crippen LogP) is 7.29. The first kappa shape index (κ1) is 25.9. The van der Waals surface area contributed by atoms with Crippen molar-refractivity contribution in [2.24, 2.45) is 0 Å². The second-order valence-corrected chi connectivity index (χ2v) is 3.06. The summed E-state index contributed by atoms with van der Waals surface area (Å²) >= 11 is 6.07. The molecule has 0 atom stereocenters. The molecular formula is C17H33Cl. The average Bonchev–Trinajstić information content (AvgIpc) is 2.44. The highest BCUT2D eigenvalue weighted by Crippen LogP contribution is 2.24. The van der Waals surface area contributed by atoms with Gasteiger partial charge in [0.1, 0.15) is 0 Å². The zero-order valence-electron chi connectivity index (χ0n) is 13.9. The molecule has 1 heteroatoms. The fourth-order valence-electron chi connectivity index (χ4n) is 0.862. The van der Waals surface area contributed by atoms with Crippen LogP contribution in [0.4, 0.5) is 0 Å². The van der Waals surface area contributed by atoms with Crippen molar-refractivity contribution in [2.75, 3.05) is 0 Å². The molecule has 0 heterocycles. The Morgan fingerprint density at radius 3 is 1.44 bits per heavy atom. The Bertz CT molecular complexity index is 255. The third-order valence-corrected chi connectivity index (χ3v) is 2.14. The third kappa shape index (κ3) is 13.3. The smallest absolute Gasteiger partial charge is 0.0506 e. The van der Waals surface area contributed by atoms with Crippen molar-refractivity contribution in [3.8, 4) is 0 Å². The highest BCUT2D eigenvalue weighted by Gasteiger charge is 2.03. The lowest BCUT2D eigenvalue weighted by atomic mass is 10.1. The largest absolute Gasteiger partial charge is 0.0987 e. The lowest BCUT2D eigenvalue weighted by molar-refractivity contribution is 1.36. The molecule has 0 N–H and O–H groups in total. The molecule has 108 valence electrons. The first-order valence-electron chi connectivity index (χ1n) is 6.86. The molecule has 0 nitrogen and oxygen atoms in total. The first-order valence-corrected chi connectivity index (χ1v) is 7.23. The van der Waals surface area contributed by atoms with Crippen LogP contribution in [0.25, 0.3) is 0 Å². The van der Waals surface area contributed by atoms with Crippen molar-refractivity contribution < 1.29 is 0 Å². The van der Waals surface area contributed by atoms with Crippen molar-refractivity contribution >= 4 is 11.6 Å². The maximum Gasteiger partial charge on any atom is 0.0506 e. The number of hydrogen-bond acceptors (Lipinski definition) is 0. The molecule has 0 aromatic rings. The Kier molecular flexibility index (Phi) is 31.0. The van der Waals surface area contributed by atoms with Gasteiger partial charge in [-0.3, -0.25) is 0 Å². The minimum atomic E-state index is 0.736. The number of hydrogen-bond donors (Lipinski definition) is 0. The van der Waals surface area contributed by atoms with Gasteiger partial charge in [0.2, 0.25) is 0 Å². The van der Waals surface area contributed by atoms with Crippen LogP contribution in [0.2, 0.25) is 0 Å². The summed E-state index contributed by atoms with van der Waals surface area (Å²) < 4.78 is 0. The van der Waals surface area contributed by atoms with Crippen molar-refractivity contribution in [3.63, 3.8) is 0 Å². The van der Waals surface area contributed by atoms with Gasteiger partial charge in [-0.2, -0.15) is 0 Å². The van der Waals surface area contributed by atoms with Crippen LogP contribution in [0.5, 0.6) is 0 Å². The average molecular weight is 273 g/mol. The number of halogens is 1. The maximum absolute atomic E-state index is 6.07. The normalized spacial score (nSPS) is 10.2. The molecule has 0 aliphatic carbocycles. The first-order chi connectivity index (χ1) is 8.54. The Labute approximate surface area is 121 Å². The van der Waals surface area contributed by atoms with Gasteiger partial charge in [0.25, 0.3) is 0 Å². The second kappa shape index (κ2) is 21.5. The third-order valence-electron chi connectivity index (χ3n) is 1.64. The Hall–Kier alpha value is -0.750. The van der Waals surface area contributed by atoms with E-state index in [0.29, 0.717) is 0 Å². The molecule has 0 aliphatic heterocycles. The van der Waals surface area contributed by atoms with E-state index in [1.165, 1.54) is 0 Å². The summed E-state index contributed by atoms with van der Waals surface area (Å²) in [5, 5.41) is 0.736. The van der Waals surface area contributed by atoms with Crippen molar-refractivity contribution in [2.45, 2.75) is 62.3 Å². The van der Waals surface area contributed by atoms with E-state index in [1.807, 2.05) is 68.4 Å². The van der Waals surface area contributed by atoms with Gasteiger partial charge >= 0.3 is 0 Å². The number of rotatable bonds is 3. The van der Waals surface area contributed by atoms with Crippen LogP contribution in [0.15, 0.2) is 47.1 Å². The summed E-state index contributed by atoms with van der Waals surface area (Å²) in [6, 6.07) is 0. The summed E-state index contributed by atoms with van der Waals surface area (Å²) in [4.78, 5) is 0. The summed E-state index contributed by atoms with van der Waals surface area (Å²) in [5.41, 5.74) is 2.95. The molecular weight excluding hydrogens is 240 g/mol. The van der Waals surface area contributed by atoms with Gasteiger partial charge < -0.3 is 0 Å². The topological polar surface area (TPSA) is 0 Å². The van der Waals surface area contributed by atoms with E-state index in [2.05, 4.69) is 13.2 Å². The van der Waals surface area contributed by atoms with Gasteiger partial charge in [0.05, 0.1) is 5.03 Å². The van der Waals surface area contributed by atoms with Gasteiger partial charge in [-0.15, -0.1) is 0 Å². The van der Waals surface area contributed by atoms with E-state index in [0.717, 1.165) is 21.8 Å². The van der Waals surface area contributed by atoms with Crippen LogP contribution in [0.1, 0.15) is 62.3 Å². The molecule has 0 spiro atoms.